The molecule has 0 atom stereocenters. The predicted molar refractivity (Wildman–Crippen MR) is 76.8 cm³/mol. The Morgan fingerprint density at radius 2 is 1.95 bits per heavy atom. The van der Waals surface area contributed by atoms with Gasteiger partial charge in [0, 0.05) is 29.7 Å². The average molecular weight is 260 g/mol. The summed E-state index contributed by atoms with van der Waals surface area (Å²) < 4.78 is 15.8. The third-order valence-electron chi connectivity index (χ3n) is 4.03. The van der Waals surface area contributed by atoms with E-state index in [1.54, 1.807) is 12.1 Å². The van der Waals surface area contributed by atoms with Crippen molar-refractivity contribution in [1.29, 1.82) is 0 Å². The van der Waals surface area contributed by atoms with E-state index in [0.29, 0.717) is 6.04 Å². The van der Waals surface area contributed by atoms with Gasteiger partial charge in [-0.15, -0.1) is 0 Å². The molecule has 102 valence electrons. The fraction of sp³-hybridized carbons (Fsp3) is 0.500. The minimum Gasteiger partial charge on any atom is -0.345 e. The van der Waals surface area contributed by atoms with Crippen LogP contribution in [0, 0.1) is 5.82 Å². The zero-order valence-electron chi connectivity index (χ0n) is 11.7. The van der Waals surface area contributed by atoms with Crippen molar-refractivity contribution in [2.45, 2.75) is 39.3 Å². The Bertz CT molecular complexity index is 580. The quantitative estimate of drug-likeness (QED) is 0.811. The standard InChI is InChI=1S/C16H21FN2/c1-12(2)19-11-13(10-18-7-3-4-8-18)15-9-14(17)5-6-16(15)19/h5-6,9,11-12H,3-4,7-8,10H2,1-2H3. The molecule has 1 aliphatic rings. The van der Waals surface area contributed by atoms with Gasteiger partial charge in [0.05, 0.1) is 0 Å². The molecule has 0 aliphatic carbocycles. The Morgan fingerprint density at radius 1 is 1.21 bits per heavy atom. The van der Waals surface area contributed by atoms with E-state index in [-0.39, 0.29) is 5.82 Å². The molecule has 0 N–H and O–H groups in total. The lowest BCUT2D eigenvalue weighted by Crippen LogP contribution is -2.18. The first-order valence-corrected chi connectivity index (χ1v) is 7.16. The molecule has 0 radical (unpaired) electrons. The highest BCUT2D eigenvalue weighted by atomic mass is 19.1. The lowest BCUT2D eigenvalue weighted by molar-refractivity contribution is 0.332. The third kappa shape index (κ3) is 2.39. The molecule has 1 fully saturated rings. The van der Waals surface area contributed by atoms with E-state index in [0.717, 1.165) is 17.4 Å². The Kier molecular flexibility index (Phi) is 3.31. The van der Waals surface area contributed by atoms with Gasteiger partial charge in [-0.25, -0.2) is 4.39 Å². The highest BCUT2D eigenvalue weighted by Crippen LogP contribution is 2.27. The van der Waals surface area contributed by atoms with Gasteiger partial charge in [-0.3, -0.25) is 4.90 Å². The molecule has 0 bridgehead atoms. The summed E-state index contributed by atoms with van der Waals surface area (Å²) in [7, 11) is 0. The first-order valence-electron chi connectivity index (χ1n) is 7.16. The Labute approximate surface area is 113 Å². The van der Waals surface area contributed by atoms with E-state index in [2.05, 4.69) is 29.5 Å². The predicted octanol–water partition coefficient (Wildman–Crippen LogP) is 3.96. The van der Waals surface area contributed by atoms with Crippen LogP contribution in [-0.4, -0.2) is 22.6 Å². The van der Waals surface area contributed by atoms with E-state index >= 15 is 0 Å². The SMILES string of the molecule is CC(C)n1cc(CN2CCCC2)c2cc(F)ccc21. The molecule has 2 aromatic rings. The van der Waals surface area contributed by atoms with Crippen LogP contribution >= 0.6 is 0 Å². The number of fused-ring (bicyclic) bond motifs is 1. The maximum atomic E-state index is 13.5. The van der Waals surface area contributed by atoms with E-state index < -0.39 is 0 Å². The number of likely N-dealkylation sites (tertiary alicyclic amines) is 1. The van der Waals surface area contributed by atoms with Crippen LogP contribution in [0.25, 0.3) is 10.9 Å². The molecule has 3 heteroatoms. The van der Waals surface area contributed by atoms with Crippen LogP contribution in [0.5, 0.6) is 0 Å². The Hall–Kier alpha value is -1.35. The lowest BCUT2D eigenvalue weighted by atomic mass is 10.1. The number of nitrogens with zero attached hydrogens (tertiary/aromatic N) is 2. The summed E-state index contributed by atoms with van der Waals surface area (Å²) in [5.41, 5.74) is 2.40. The summed E-state index contributed by atoms with van der Waals surface area (Å²) >= 11 is 0. The van der Waals surface area contributed by atoms with Crippen molar-refractivity contribution in [2.24, 2.45) is 0 Å². The van der Waals surface area contributed by atoms with Crippen LogP contribution in [0.15, 0.2) is 24.4 Å². The normalized spacial score (nSPS) is 16.8. The molecular weight excluding hydrogens is 239 g/mol. The monoisotopic (exact) mass is 260 g/mol. The van der Waals surface area contributed by atoms with Crippen molar-refractivity contribution in [2.75, 3.05) is 13.1 Å². The number of hydrogen-bond donors (Lipinski definition) is 0. The molecule has 1 saturated heterocycles. The van der Waals surface area contributed by atoms with Crippen molar-refractivity contribution in [3.05, 3.63) is 35.8 Å². The van der Waals surface area contributed by atoms with Gasteiger partial charge in [-0.05, 0) is 63.5 Å². The van der Waals surface area contributed by atoms with Crippen LogP contribution in [0.1, 0.15) is 38.3 Å². The zero-order chi connectivity index (χ0) is 13.4. The fourth-order valence-electron chi connectivity index (χ4n) is 3.03. The highest BCUT2D eigenvalue weighted by Gasteiger charge is 2.16. The molecular formula is C16H21FN2. The number of benzene rings is 1. The molecule has 0 saturated carbocycles. The first-order chi connectivity index (χ1) is 9.15. The van der Waals surface area contributed by atoms with Crippen LogP contribution < -0.4 is 0 Å². The minimum atomic E-state index is -0.142. The number of rotatable bonds is 3. The van der Waals surface area contributed by atoms with Crippen LogP contribution in [0.3, 0.4) is 0 Å². The second-order valence-electron chi connectivity index (χ2n) is 5.80. The second-order valence-corrected chi connectivity index (χ2v) is 5.80. The highest BCUT2D eigenvalue weighted by molar-refractivity contribution is 5.84. The molecule has 0 amide bonds. The Balaban J connectivity index is 2.04. The van der Waals surface area contributed by atoms with Crippen LogP contribution in [0.2, 0.25) is 0 Å². The summed E-state index contributed by atoms with van der Waals surface area (Å²) in [4.78, 5) is 2.46. The minimum absolute atomic E-state index is 0.142. The van der Waals surface area contributed by atoms with Gasteiger partial charge in [0.15, 0.2) is 0 Å². The third-order valence-corrected chi connectivity index (χ3v) is 4.03. The average Bonchev–Trinajstić information content (AvgIpc) is 2.98. The molecule has 3 rings (SSSR count). The Morgan fingerprint density at radius 3 is 2.63 bits per heavy atom. The molecule has 1 aliphatic heterocycles. The number of aromatic nitrogens is 1. The van der Waals surface area contributed by atoms with Crippen LogP contribution in [0.4, 0.5) is 4.39 Å². The van der Waals surface area contributed by atoms with Crippen molar-refractivity contribution < 1.29 is 4.39 Å². The van der Waals surface area contributed by atoms with E-state index in [4.69, 9.17) is 0 Å². The van der Waals surface area contributed by atoms with Gasteiger partial charge < -0.3 is 4.57 Å². The maximum absolute atomic E-state index is 13.5. The van der Waals surface area contributed by atoms with E-state index in [1.807, 2.05) is 6.07 Å². The second kappa shape index (κ2) is 4.97. The van der Waals surface area contributed by atoms with Gasteiger partial charge in [0.1, 0.15) is 5.82 Å². The summed E-state index contributed by atoms with van der Waals surface area (Å²) in [5, 5.41) is 1.07. The van der Waals surface area contributed by atoms with Gasteiger partial charge in [0.25, 0.3) is 0 Å². The molecule has 2 nitrogen and oxygen atoms in total. The molecule has 2 heterocycles. The summed E-state index contributed by atoms with van der Waals surface area (Å²) in [6, 6.07) is 5.54. The van der Waals surface area contributed by atoms with Gasteiger partial charge >= 0.3 is 0 Å². The molecule has 0 unspecified atom stereocenters. The molecule has 19 heavy (non-hydrogen) atoms. The molecule has 1 aromatic heterocycles. The number of hydrogen-bond acceptors (Lipinski definition) is 1. The molecule has 0 spiro atoms. The van der Waals surface area contributed by atoms with Crippen molar-refractivity contribution in [3.63, 3.8) is 0 Å². The van der Waals surface area contributed by atoms with Gasteiger partial charge in [-0.2, -0.15) is 0 Å². The maximum Gasteiger partial charge on any atom is 0.123 e. The summed E-state index contributed by atoms with van der Waals surface area (Å²) in [6.45, 7) is 7.62. The van der Waals surface area contributed by atoms with Crippen LogP contribution in [-0.2, 0) is 6.54 Å². The topological polar surface area (TPSA) is 8.17 Å². The smallest absolute Gasteiger partial charge is 0.123 e. The first kappa shape index (κ1) is 12.7. The molecule has 1 aromatic carbocycles. The van der Waals surface area contributed by atoms with E-state index in [1.165, 1.54) is 31.5 Å². The number of halogens is 1. The zero-order valence-corrected chi connectivity index (χ0v) is 11.7. The largest absolute Gasteiger partial charge is 0.345 e. The van der Waals surface area contributed by atoms with Gasteiger partial charge in [-0.1, -0.05) is 0 Å². The van der Waals surface area contributed by atoms with Crippen molar-refractivity contribution in [3.8, 4) is 0 Å². The van der Waals surface area contributed by atoms with Crippen molar-refractivity contribution in [1.82, 2.24) is 9.47 Å². The van der Waals surface area contributed by atoms with Crippen molar-refractivity contribution >= 4 is 10.9 Å². The van der Waals surface area contributed by atoms with Gasteiger partial charge in [0.2, 0.25) is 0 Å². The fourth-order valence-corrected chi connectivity index (χ4v) is 3.03. The lowest BCUT2D eigenvalue weighted by Gasteiger charge is -2.13. The van der Waals surface area contributed by atoms with E-state index in [9.17, 15) is 4.39 Å². The summed E-state index contributed by atoms with van der Waals surface area (Å²) in [5.74, 6) is -0.142. The summed E-state index contributed by atoms with van der Waals surface area (Å²) in [6.07, 6.45) is 4.78.